The third-order valence-electron chi connectivity index (χ3n) is 1.61. The minimum Gasteiger partial charge on any atom is -0.396 e. The van der Waals surface area contributed by atoms with Gasteiger partial charge in [0.15, 0.2) is 11.6 Å². The molecule has 1 unspecified atom stereocenters. The van der Waals surface area contributed by atoms with E-state index in [1.54, 1.807) is 0 Å². The summed E-state index contributed by atoms with van der Waals surface area (Å²) in [6.45, 7) is 1.15. The van der Waals surface area contributed by atoms with Crippen molar-refractivity contribution in [1.29, 1.82) is 0 Å². The summed E-state index contributed by atoms with van der Waals surface area (Å²) in [6, 6.07) is 0. The molecule has 1 aromatic carbocycles. The van der Waals surface area contributed by atoms with Crippen LogP contribution in [0.4, 0.5) is 18.9 Å². The zero-order valence-corrected chi connectivity index (χ0v) is 7.44. The van der Waals surface area contributed by atoms with Crippen LogP contribution in [0.5, 0.6) is 0 Å². The molecule has 1 aromatic rings. The molecule has 5 heteroatoms. The van der Waals surface area contributed by atoms with E-state index in [-0.39, 0.29) is 10.9 Å². The number of hydrogen-bond donors (Lipinski definition) is 1. The lowest BCUT2D eigenvalue weighted by molar-refractivity contribution is 0.492. The maximum atomic E-state index is 12.9. The van der Waals surface area contributed by atoms with Crippen LogP contribution in [0.15, 0.2) is 0 Å². The molecule has 0 aliphatic carbocycles. The monoisotopic (exact) mass is 193 g/mol. The quantitative estimate of drug-likeness (QED) is 0.377. The van der Waals surface area contributed by atoms with Crippen LogP contribution in [-0.2, 0) is 0 Å². The Morgan fingerprint density at radius 3 is 2.08 bits per heavy atom. The largest absolute Gasteiger partial charge is 0.396 e. The summed E-state index contributed by atoms with van der Waals surface area (Å²) in [4.78, 5) is 0. The van der Waals surface area contributed by atoms with Gasteiger partial charge in [0.05, 0.1) is 5.69 Å². The van der Waals surface area contributed by atoms with Gasteiger partial charge in [0.1, 0.15) is 5.82 Å². The summed E-state index contributed by atoms with van der Waals surface area (Å²) < 4.78 is 38.4. The normalized spacial score (nSPS) is 10.4. The van der Waals surface area contributed by atoms with E-state index in [9.17, 15) is 13.2 Å². The van der Waals surface area contributed by atoms with Crippen molar-refractivity contribution < 1.29 is 13.2 Å². The van der Waals surface area contributed by atoms with Gasteiger partial charge < -0.3 is 5.73 Å². The van der Waals surface area contributed by atoms with E-state index in [0.29, 0.717) is 0 Å². The van der Waals surface area contributed by atoms with Gasteiger partial charge in [0.25, 0.3) is 0 Å². The molecule has 0 aliphatic heterocycles. The topological polar surface area (TPSA) is 26.0 Å². The molecule has 2 N–H and O–H groups in total. The van der Waals surface area contributed by atoms with Crippen LogP contribution in [0.1, 0.15) is 5.56 Å². The van der Waals surface area contributed by atoms with E-state index in [2.05, 4.69) is 0 Å². The highest BCUT2D eigenvalue weighted by molar-refractivity contribution is 7.28. The Morgan fingerprint density at radius 2 is 1.58 bits per heavy atom. The summed E-state index contributed by atoms with van der Waals surface area (Å²) in [5.74, 6) is -3.24. The fourth-order valence-electron chi connectivity index (χ4n) is 0.818. The molecule has 0 fully saturated rings. The minimum absolute atomic E-state index is 0.133. The van der Waals surface area contributed by atoms with Gasteiger partial charge in [-0.05, 0) is 6.92 Å². The molecular formula is C7H7F3NP. The van der Waals surface area contributed by atoms with Crippen LogP contribution in [-0.4, -0.2) is 0 Å². The van der Waals surface area contributed by atoms with E-state index in [4.69, 9.17) is 5.73 Å². The maximum Gasteiger partial charge on any atom is 0.182 e. The number of anilines is 1. The molecule has 1 atom stereocenters. The first kappa shape index (κ1) is 9.33. The van der Waals surface area contributed by atoms with E-state index in [0.717, 1.165) is 6.92 Å². The van der Waals surface area contributed by atoms with Gasteiger partial charge in [0, 0.05) is 10.9 Å². The smallest absolute Gasteiger partial charge is 0.182 e. The lowest BCUT2D eigenvalue weighted by atomic mass is 10.2. The van der Waals surface area contributed by atoms with E-state index in [1.807, 2.05) is 9.24 Å². The summed E-state index contributed by atoms with van der Waals surface area (Å²) >= 11 is 0. The molecule has 0 radical (unpaired) electrons. The van der Waals surface area contributed by atoms with Crippen molar-refractivity contribution in [1.82, 2.24) is 0 Å². The first-order valence-corrected chi connectivity index (χ1v) is 3.72. The zero-order chi connectivity index (χ0) is 9.46. The second-order valence-electron chi connectivity index (χ2n) is 2.39. The number of halogens is 3. The van der Waals surface area contributed by atoms with Crippen molar-refractivity contribution >= 4 is 20.2 Å². The number of nitrogens with two attached hydrogens (primary N) is 1. The maximum absolute atomic E-state index is 12.9. The lowest BCUT2D eigenvalue weighted by Crippen LogP contribution is -2.13. The Morgan fingerprint density at radius 1 is 1.08 bits per heavy atom. The van der Waals surface area contributed by atoms with Crippen molar-refractivity contribution in [2.45, 2.75) is 6.92 Å². The molecule has 0 bridgehead atoms. The highest BCUT2D eigenvalue weighted by Crippen LogP contribution is 2.20. The molecule has 0 spiro atoms. The third kappa shape index (κ3) is 1.16. The Bertz CT molecular complexity index is 233. The van der Waals surface area contributed by atoms with Crippen LogP contribution in [0.3, 0.4) is 0 Å². The Labute approximate surface area is 70.0 Å². The summed E-state index contributed by atoms with van der Waals surface area (Å²) in [5.41, 5.74) is 4.22. The van der Waals surface area contributed by atoms with Gasteiger partial charge in [-0.2, -0.15) is 0 Å². The van der Waals surface area contributed by atoms with E-state index >= 15 is 0 Å². The summed E-state index contributed by atoms with van der Waals surface area (Å²) in [7, 11) is 1.93. The van der Waals surface area contributed by atoms with Gasteiger partial charge >= 0.3 is 0 Å². The molecule has 0 saturated heterocycles. The number of rotatable bonds is 0. The average molecular weight is 193 g/mol. The Balaban J connectivity index is 3.60. The van der Waals surface area contributed by atoms with Gasteiger partial charge in [-0.15, -0.1) is 9.24 Å². The van der Waals surface area contributed by atoms with Crippen molar-refractivity contribution in [3.05, 3.63) is 23.0 Å². The SMILES string of the molecule is Cc1c(F)c(F)c(N)c(P)c1F. The van der Waals surface area contributed by atoms with Crippen LogP contribution < -0.4 is 11.0 Å². The molecule has 0 amide bonds. The highest BCUT2D eigenvalue weighted by Gasteiger charge is 2.17. The number of benzene rings is 1. The third-order valence-corrected chi connectivity index (χ3v) is 2.18. The molecule has 1 nitrogen and oxygen atoms in total. The van der Waals surface area contributed by atoms with Crippen molar-refractivity contribution in [2.75, 3.05) is 5.73 Å². The van der Waals surface area contributed by atoms with E-state index < -0.39 is 23.1 Å². The van der Waals surface area contributed by atoms with Crippen LogP contribution in [0, 0.1) is 24.4 Å². The second kappa shape index (κ2) is 2.94. The second-order valence-corrected chi connectivity index (χ2v) is 2.97. The van der Waals surface area contributed by atoms with Crippen LogP contribution in [0.2, 0.25) is 0 Å². The predicted molar refractivity (Wildman–Crippen MR) is 44.8 cm³/mol. The zero-order valence-electron chi connectivity index (χ0n) is 6.29. The highest BCUT2D eigenvalue weighted by atomic mass is 31.0. The molecule has 66 valence electrons. The number of nitrogen functional groups attached to an aromatic ring is 1. The minimum atomic E-state index is -1.23. The van der Waals surface area contributed by atoms with Crippen molar-refractivity contribution in [3.8, 4) is 0 Å². The summed E-state index contributed by atoms with van der Waals surface area (Å²) in [6.07, 6.45) is 0. The Kier molecular flexibility index (Phi) is 2.29. The van der Waals surface area contributed by atoms with Gasteiger partial charge in [-0.3, -0.25) is 0 Å². The fourth-order valence-corrected chi connectivity index (χ4v) is 1.16. The van der Waals surface area contributed by atoms with Gasteiger partial charge in [-0.25, -0.2) is 13.2 Å². The lowest BCUT2D eigenvalue weighted by Gasteiger charge is -2.07. The average Bonchev–Trinajstić information content (AvgIpc) is 2.08. The molecular weight excluding hydrogens is 186 g/mol. The molecule has 1 rings (SSSR count). The molecule has 12 heavy (non-hydrogen) atoms. The van der Waals surface area contributed by atoms with Crippen LogP contribution in [0.25, 0.3) is 0 Å². The molecule has 0 aromatic heterocycles. The van der Waals surface area contributed by atoms with Crippen molar-refractivity contribution in [2.24, 2.45) is 0 Å². The predicted octanol–water partition coefficient (Wildman–Crippen LogP) is 1.49. The Hall–Kier alpha value is -0.760. The van der Waals surface area contributed by atoms with Gasteiger partial charge in [-0.1, -0.05) is 0 Å². The summed E-state index contributed by atoms with van der Waals surface area (Å²) in [5, 5.41) is -0.133. The van der Waals surface area contributed by atoms with E-state index in [1.165, 1.54) is 0 Å². The fraction of sp³-hybridized carbons (Fsp3) is 0.143. The standard InChI is InChI=1S/C7H7F3NP/c1-2-3(8)5(10)6(11)7(12)4(2)9/h11-12H2,1H3. The number of hydrogen-bond acceptors (Lipinski definition) is 1. The molecule has 0 saturated carbocycles. The van der Waals surface area contributed by atoms with Crippen LogP contribution >= 0.6 is 9.24 Å². The first-order valence-electron chi connectivity index (χ1n) is 3.14. The molecule has 0 heterocycles. The van der Waals surface area contributed by atoms with Gasteiger partial charge in [0.2, 0.25) is 0 Å². The molecule has 0 aliphatic rings. The first-order chi connectivity index (χ1) is 5.46. The van der Waals surface area contributed by atoms with Crippen molar-refractivity contribution in [3.63, 3.8) is 0 Å².